The van der Waals surface area contributed by atoms with Crippen LogP contribution in [0.2, 0.25) is 0 Å². The van der Waals surface area contributed by atoms with Gasteiger partial charge in [0, 0.05) is 17.1 Å². The van der Waals surface area contributed by atoms with Crippen LogP contribution >= 0.6 is 0 Å². The Kier molecular flexibility index (Phi) is 9.31. The van der Waals surface area contributed by atoms with Gasteiger partial charge in [-0.2, -0.15) is 5.06 Å². The zero-order valence-corrected chi connectivity index (χ0v) is 17.3. The first-order valence-electron chi connectivity index (χ1n) is 10.1. The van der Waals surface area contributed by atoms with Crippen LogP contribution in [0.3, 0.4) is 0 Å². The van der Waals surface area contributed by atoms with Gasteiger partial charge in [-0.15, -0.1) is 0 Å². The van der Waals surface area contributed by atoms with Gasteiger partial charge in [0.1, 0.15) is 5.76 Å². The van der Waals surface area contributed by atoms with Crippen LogP contribution in [0, 0.1) is 0 Å². The molecular formula is C21H40N2O3. The lowest BCUT2D eigenvalue weighted by Crippen LogP contribution is -2.62. The Morgan fingerprint density at radius 3 is 2.35 bits per heavy atom. The van der Waals surface area contributed by atoms with E-state index < -0.39 is 6.10 Å². The van der Waals surface area contributed by atoms with Crippen molar-refractivity contribution in [1.29, 1.82) is 0 Å². The highest BCUT2D eigenvalue weighted by Crippen LogP contribution is 2.36. The molecule has 4 N–H and O–H groups in total. The zero-order chi connectivity index (χ0) is 19.8. The third-order valence-corrected chi connectivity index (χ3v) is 5.15. The number of nitrogens with one attached hydrogen (secondary N) is 1. The molecule has 0 aromatic rings. The van der Waals surface area contributed by atoms with Gasteiger partial charge < -0.3 is 20.7 Å². The average molecular weight is 369 g/mol. The molecule has 5 heteroatoms. The van der Waals surface area contributed by atoms with Gasteiger partial charge in [-0.1, -0.05) is 25.8 Å². The number of hydrogen-bond acceptors (Lipinski definition) is 5. The lowest BCUT2D eigenvalue weighted by molar-refractivity contribution is -0.246. The number of unbranched alkanes of at least 4 members (excludes halogenated alkanes) is 2. The van der Waals surface area contributed by atoms with Gasteiger partial charge in [0.15, 0.2) is 0 Å². The Morgan fingerprint density at radius 1 is 1.15 bits per heavy atom. The Labute approximate surface area is 159 Å². The molecule has 0 radical (unpaired) electrons. The Bertz CT molecular complexity index is 454. The van der Waals surface area contributed by atoms with Gasteiger partial charge in [0.25, 0.3) is 0 Å². The number of nitrogens with zero attached hydrogens (tertiary/aromatic N) is 1. The summed E-state index contributed by atoms with van der Waals surface area (Å²) in [5.41, 5.74) is -0.429. The maximum atomic E-state index is 10.3. The maximum absolute atomic E-state index is 10.3. The van der Waals surface area contributed by atoms with E-state index in [-0.39, 0.29) is 16.8 Å². The molecule has 5 nitrogen and oxygen atoms in total. The van der Waals surface area contributed by atoms with Gasteiger partial charge in [0.2, 0.25) is 0 Å². The van der Waals surface area contributed by atoms with Crippen molar-refractivity contribution in [2.75, 3.05) is 6.54 Å². The monoisotopic (exact) mass is 368 g/mol. The molecule has 0 aliphatic carbocycles. The number of aliphatic hydroxyl groups excluding tert-OH is 2. The Balaban J connectivity index is 2.20. The molecule has 152 valence electrons. The predicted molar refractivity (Wildman–Crippen MR) is 107 cm³/mol. The number of allylic oxidation sites excluding steroid dienone is 2. The van der Waals surface area contributed by atoms with Crippen LogP contribution in [0.5, 0.6) is 0 Å². The molecule has 1 saturated heterocycles. The quantitative estimate of drug-likeness (QED) is 0.262. The Hall–Kier alpha value is -0.880. The Morgan fingerprint density at radius 2 is 1.77 bits per heavy atom. The highest BCUT2D eigenvalue weighted by atomic mass is 16.5. The maximum Gasteiger partial charge on any atom is 0.111 e. The van der Waals surface area contributed by atoms with E-state index in [1.807, 2.05) is 6.92 Å². The van der Waals surface area contributed by atoms with E-state index in [1.54, 1.807) is 18.2 Å². The van der Waals surface area contributed by atoms with Crippen molar-refractivity contribution >= 4 is 0 Å². The summed E-state index contributed by atoms with van der Waals surface area (Å²) < 4.78 is 0. The van der Waals surface area contributed by atoms with Crippen molar-refractivity contribution in [3.8, 4) is 0 Å². The second kappa shape index (κ2) is 10.5. The van der Waals surface area contributed by atoms with Crippen LogP contribution < -0.4 is 5.32 Å². The van der Waals surface area contributed by atoms with Crippen molar-refractivity contribution in [3.63, 3.8) is 0 Å². The zero-order valence-electron chi connectivity index (χ0n) is 17.3. The van der Waals surface area contributed by atoms with Crippen molar-refractivity contribution in [2.45, 2.75) is 103 Å². The number of hydrogen-bond donors (Lipinski definition) is 4. The van der Waals surface area contributed by atoms with E-state index in [2.05, 4.69) is 33.0 Å². The molecule has 1 fully saturated rings. The minimum atomic E-state index is -0.495. The molecular weight excluding hydrogens is 328 g/mol. The topological polar surface area (TPSA) is 76.0 Å². The minimum Gasteiger partial charge on any atom is -0.508 e. The highest BCUT2D eigenvalue weighted by Gasteiger charge is 2.44. The molecule has 0 aromatic heterocycles. The van der Waals surface area contributed by atoms with Gasteiger partial charge >= 0.3 is 0 Å². The van der Waals surface area contributed by atoms with Crippen LogP contribution in [0.15, 0.2) is 24.0 Å². The average Bonchev–Trinajstić information content (AvgIpc) is 2.53. The van der Waals surface area contributed by atoms with Crippen LogP contribution in [0.4, 0.5) is 0 Å². The molecule has 1 unspecified atom stereocenters. The van der Waals surface area contributed by atoms with Gasteiger partial charge in [0.05, 0.1) is 6.10 Å². The van der Waals surface area contributed by atoms with E-state index in [1.165, 1.54) is 5.06 Å². The summed E-state index contributed by atoms with van der Waals surface area (Å²) in [4.78, 5) is 0. The second-order valence-electron chi connectivity index (χ2n) is 8.81. The number of hydroxylamine groups is 2. The molecule has 0 saturated carbocycles. The largest absolute Gasteiger partial charge is 0.508 e. The van der Waals surface area contributed by atoms with Crippen molar-refractivity contribution < 1.29 is 15.4 Å². The molecule has 1 aliphatic rings. The predicted octanol–water partition coefficient (Wildman–Crippen LogP) is 4.32. The third kappa shape index (κ3) is 7.78. The van der Waals surface area contributed by atoms with Crippen LogP contribution in [-0.4, -0.2) is 50.3 Å². The molecule has 0 amide bonds. The first-order valence-corrected chi connectivity index (χ1v) is 10.1. The van der Waals surface area contributed by atoms with E-state index in [0.717, 1.165) is 51.5 Å². The van der Waals surface area contributed by atoms with E-state index >= 15 is 0 Å². The fourth-order valence-electron chi connectivity index (χ4n) is 3.96. The van der Waals surface area contributed by atoms with E-state index in [9.17, 15) is 15.4 Å². The lowest BCUT2D eigenvalue weighted by Gasteiger charge is -2.51. The smallest absolute Gasteiger partial charge is 0.111 e. The van der Waals surface area contributed by atoms with Crippen LogP contribution in [-0.2, 0) is 0 Å². The van der Waals surface area contributed by atoms with Crippen LogP contribution in [0.1, 0.15) is 79.6 Å². The summed E-state index contributed by atoms with van der Waals surface area (Å²) in [6.45, 7) is 11.3. The van der Waals surface area contributed by atoms with Gasteiger partial charge in [-0.3, -0.25) is 0 Å². The summed E-state index contributed by atoms with van der Waals surface area (Å²) in [6.07, 6.45) is 11.0. The van der Waals surface area contributed by atoms with Crippen molar-refractivity contribution in [2.24, 2.45) is 0 Å². The number of aliphatic hydroxyl groups is 2. The number of piperidine rings is 1. The summed E-state index contributed by atoms with van der Waals surface area (Å²) in [6, 6.07) is 0.422. The first kappa shape index (κ1) is 23.2. The fourth-order valence-corrected chi connectivity index (χ4v) is 3.96. The summed E-state index contributed by atoms with van der Waals surface area (Å²) in [5, 5.41) is 34.9. The van der Waals surface area contributed by atoms with E-state index in [0.29, 0.717) is 6.04 Å². The standard InChI is InChI=1S/C21H40N2O3/c1-6-10-18(24)12-13-19(25)11-8-7-9-14-22-17-15-20(2,3)23(26)21(4,5)16-17/h10,12-13,17,19,22,24-26H,6-9,11,14-16H2,1-5H3/b13-12+,18-10+. The van der Waals surface area contributed by atoms with Crippen molar-refractivity contribution in [3.05, 3.63) is 24.0 Å². The highest BCUT2D eigenvalue weighted by molar-refractivity contribution is 5.11. The summed E-state index contributed by atoms with van der Waals surface area (Å²) in [5.74, 6) is 0.218. The molecule has 1 rings (SSSR count). The molecule has 0 spiro atoms. The molecule has 0 aromatic carbocycles. The summed E-state index contributed by atoms with van der Waals surface area (Å²) >= 11 is 0. The van der Waals surface area contributed by atoms with Crippen LogP contribution in [0.25, 0.3) is 0 Å². The molecule has 1 atom stereocenters. The molecule has 0 bridgehead atoms. The summed E-state index contributed by atoms with van der Waals surface area (Å²) in [7, 11) is 0. The number of rotatable bonds is 10. The SMILES string of the molecule is CC/C=C(O)\C=C\C(O)CCCCCNC1CC(C)(C)N(O)C(C)(C)C1. The fraction of sp³-hybridized carbons (Fsp3) is 0.810. The normalized spacial score (nSPS) is 22.8. The minimum absolute atomic E-state index is 0.215. The van der Waals surface area contributed by atoms with Crippen molar-refractivity contribution in [1.82, 2.24) is 10.4 Å². The third-order valence-electron chi connectivity index (χ3n) is 5.15. The first-order chi connectivity index (χ1) is 12.1. The lowest BCUT2D eigenvalue weighted by atomic mass is 9.79. The molecule has 26 heavy (non-hydrogen) atoms. The van der Waals surface area contributed by atoms with E-state index in [4.69, 9.17) is 0 Å². The van der Waals surface area contributed by atoms with Gasteiger partial charge in [-0.25, -0.2) is 0 Å². The molecule has 1 aliphatic heterocycles. The van der Waals surface area contributed by atoms with Gasteiger partial charge in [-0.05, 0) is 78.5 Å². The molecule has 1 heterocycles. The second-order valence-corrected chi connectivity index (χ2v) is 8.81.